The van der Waals surface area contributed by atoms with Gasteiger partial charge in [-0.3, -0.25) is 13.8 Å². The average molecular weight is 700 g/mol. The predicted octanol–water partition coefficient (Wildman–Crippen LogP) is 9.96. The molecule has 0 saturated carbocycles. The molecule has 0 aromatic rings. The van der Waals surface area contributed by atoms with Gasteiger partial charge in [0.05, 0.1) is 39.9 Å². The Bertz CT molecular complexity index is 886. The highest BCUT2D eigenvalue weighted by molar-refractivity contribution is 7.47. The van der Waals surface area contributed by atoms with Crippen molar-refractivity contribution in [2.24, 2.45) is 0 Å². The zero-order chi connectivity index (χ0) is 35.8. The highest BCUT2D eigenvalue weighted by Crippen LogP contribution is 2.43. The number of hydrogen-bond acceptors (Lipinski definition) is 5. The summed E-state index contributed by atoms with van der Waals surface area (Å²) in [6, 6.07) is -0.863. The fraction of sp³-hybridized carbons (Fsp3) is 0.821. The molecule has 1 amide bonds. The largest absolute Gasteiger partial charge is 0.472 e. The van der Waals surface area contributed by atoms with Crippen molar-refractivity contribution >= 4 is 13.7 Å². The molecule has 3 unspecified atom stereocenters. The molecule has 0 bridgehead atoms. The summed E-state index contributed by atoms with van der Waals surface area (Å²) in [6.07, 6.45) is 36.4. The first-order valence-electron chi connectivity index (χ1n) is 19.4. The van der Waals surface area contributed by atoms with E-state index in [1.807, 2.05) is 27.2 Å². The number of aliphatic hydroxyl groups is 1. The second-order valence-electron chi connectivity index (χ2n) is 14.3. The summed E-state index contributed by atoms with van der Waals surface area (Å²) in [5.74, 6) is -0.200. The molecule has 0 aliphatic rings. The molecule has 9 heteroatoms. The molecule has 0 aliphatic carbocycles. The van der Waals surface area contributed by atoms with Gasteiger partial charge in [-0.15, -0.1) is 0 Å². The van der Waals surface area contributed by atoms with Crippen LogP contribution in [0.2, 0.25) is 0 Å². The molecule has 0 radical (unpaired) electrons. The summed E-state index contributed by atoms with van der Waals surface area (Å²) in [5, 5.41) is 13.7. The number of rotatable bonds is 34. The van der Waals surface area contributed by atoms with E-state index in [1.54, 1.807) is 6.08 Å². The molecule has 8 nitrogen and oxygen atoms in total. The van der Waals surface area contributed by atoms with Crippen LogP contribution in [0.15, 0.2) is 36.5 Å². The lowest BCUT2D eigenvalue weighted by molar-refractivity contribution is -0.870. The Morgan fingerprint density at radius 2 is 1.15 bits per heavy atom. The van der Waals surface area contributed by atoms with E-state index >= 15 is 0 Å². The smallest absolute Gasteiger partial charge is 0.387 e. The number of phosphoric ester groups is 1. The zero-order valence-corrected chi connectivity index (χ0v) is 32.6. The number of allylic oxidation sites excluding steroid dienone is 5. The van der Waals surface area contributed by atoms with Crippen LogP contribution in [0.5, 0.6) is 0 Å². The summed E-state index contributed by atoms with van der Waals surface area (Å²) in [6.45, 7) is 4.72. The van der Waals surface area contributed by atoms with Crippen molar-refractivity contribution < 1.29 is 32.9 Å². The van der Waals surface area contributed by atoms with E-state index in [4.69, 9.17) is 9.05 Å². The van der Waals surface area contributed by atoms with E-state index in [0.717, 1.165) is 51.4 Å². The van der Waals surface area contributed by atoms with Gasteiger partial charge in [0.1, 0.15) is 13.2 Å². The van der Waals surface area contributed by atoms with E-state index in [0.29, 0.717) is 17.4 Å². The minimum Gasteiger partial charge on any atom is -0.387 e. The minimum atomic E-state index is -4.34. The molecule has 282 valence electrons. The number of aliphatic hydroxyl groups excluding tert-OH is 1. The number of hydrogen-bond donors (Lipinski definition) is 3. The molecule has 0 aliphatic heterocycles. The van der Waals surface area contributed by atoms with Crippen molar-refractivity contribution in [2.45, 2.75) is 167 Å². The summed E-state index contributed by atoms with van der Waals surface area (Å²) in [4.78, 5) is 23.0. The normalized spacial score (nSPS) is 15.1. The molecule has 0 spiro atoms. The number of amides is 1. The number of nitrogens with one attached hydrogen (secondary N) is 1. The van der Waals surface area contributed by atoms with Crippen molar-refractivity contribution in [1.82, 2.24) is 5.32 Å². The van der Waals surface area contributed by atoms with E-state index in [9.17, 15) is 19.4 Å². The van der Waals surface area contributed by atoms with E-state index < -0.39 is 20.0 Å². The lowest BCUT2D eigenvalue weighted by Gasteiger charge is -2.25. The maximum Gasteiger partial charge on any atom is 0.472 e. The van der Waals surface area contributed by atoms with Crippen LogP contribution in [0.1, 0.15) is 155 Å². The van der Waals surface area contributed by atoms with Crippen molar-refractivity contribution in [3.8, 4) is 0 Å². The molecule has 3 atom stereocenters. The molecule has 48 heavy (non-hydrogen) atoms. The first-order valence-corrected chi connectivity index (χ1v) is 20.9. The first kappa shape index (κ1) is 46.7. The molecule has 0 aromatic carbocycles. The third-order valence-electron chi connectivity index (χ3n) is 8.33. The fourth-order valence-corrected chi connectivity index (χ4v) is 5.90. The third kappa shape index (κ3) is 33.2. The number of likely N-dealkylation sites (N-methyl/N-ethyl adjacent to an activating group) is 1. The maximum atomic E-state index is 12.8. The SMILES string of the molecule is CCCCCC/C=C/CC/C=C/C(O)C(COP(=O)(O)OCC[N+](C)(C)C)NC(=O)CCCCCCC/C=C\CCCCCCCCC. The Balaban J connectivity index is 4.52. The van der Waals surface area contributed by atoms with Crippen LogP contribution in [0.4, 0.5) is 0 Å². The van der Waals surface area contributed by atoms with Crippen LogP contribution in [-0.4, -0.2) is 73.4 Å². The van der Waals surface area contributed by atoms with Gasteiger partial charge in [0.2, 0.25) is 5.91 Å². The van der Waals surface area contributed by atoms with Crippen LogP contribution in [-0.2, 0) is 18.4 Å². The second-order valence-corrected chi connectivity index (χ2v) is 15.7. The lowest BCUT2D eigenvalue weighted by Crippen LogP contribution is -2.45. The molecule has 0 heterocycles. The summed E-state index contributed by atoms with van der Waals surface area (Å²) < 4.78 is 23.4. The number of nitrogens with zero attached hydrogens (tertiary/aromatic N) is 1. The predicted molar refractivity (Wildman–Crippen MR) is 203 cm³/mol. The number of quaternary nitrogens is 1. The van der Waals surface area contributed by atoms with E-state index in [-0.39, 0.29) is 19.1 Å². The maximum absolute atomic E-state index is 12.8. The van der Waals surface area contributed by atoms with E-state index in [2.05, 4.69) is 43.5 Å². The number of carbonyl (C=O) groups excluding carboxylic acids is 1. The topological polar surface area (TPSA) is 105 Å². The monoisotopic (exact) mass is 700 g/mol. The van der Waals surface area contributed by atoms with Gasteiger partial charge in [0.15, 0.2) is 0 Å². The van der Waals surface area contributed by atoms with Crippen LogP contribution < -0.4 is 5.32 Å². The molecule has 0 aromatic heterocycles. The van der Waals surface area contributed by atoms with Gasteiger partial charge in [0, 0.05) is 6.42 Å². The van der Waals surface area contributed by atoms with Crippen molar-refractivity contribution in [1.29, 1.82) is 0 Å². The van der Waals surface area contributed by atoms with Gasteiger partial charge < -0.3 is 19.8 Å². The highest BCUT2D eigenvalue weighted by atomic mass is 31.2. The van der Waals surface area contributed by atoms with Gasteiger partial charge in [-0.2, -0.15) is 0 Å². The third-order valence-corrected chi connectivity index (χ3v) is 9.32. The zero-order valence-electron chi connectivity index (χ0n) is 31.7. The Labute approximate surface area is 296 Å². The van der Waals surface area contributed by atoms with Gasteiger partial charge in [-0.1, -0.05) is 127 Å². The standard InChI is InChI=1S/C39H75N2O6P/c1-6-8-10-12-14-16-18-19-20-21-22-23-25-27-29-31-33-39(43)40-37(36-47-48(44,45)46-35-34-41(3,4)5)38(42)32-30-28-26-24-17-15-13-11-9-7-2/h17,20-21,24,30,32,37-38,42H,6-16,18-19,22-23,25-29,31,33-36H2,1-5H3,(H-,40,43,44,45)/p+1/b21-20-,24-17+,32-30+. The van der Waals surface area contributed by atoms with Crippen LogP contribution in [0.3, 0.4) is 0 Å². The second kappa shape index (κ2) is 31.7. The summed E-state index contributed by atoms with van der Waals surface area (Å²) >= 11 is 0. The van der Waals surface area contributed by atoms with Crippen LogP contribution in [0.25, 0.3) is 0 Å². The Morgan fingerprint density at radius 3 is 1.69 bits per heavy atom. The highest BCUT2D eigenvalue weighted by Gasteiger charge is 2.27. The Kier molecular flexibility index (Phi) is 30.8. The number of carbonyl (C=O) groups is 1. The lowest BCUT2D eigenvalue weighted by atomic mass is 10.1. The first-order chi connectivity index (χ1) is 23.0. The minimum absolute atomic E-state index is 0.0540. The van der Waals surface area contributed by atoms with Gasteiger partial charge in [0.25, 0.3) is 0 Å². The summed E-state index contributed by atoms with van der Waals surface area (Å²) in [5.41, 5.74) is 0. The Morgan fingerprint density at radius 1 is 0.688 bits per heavy atom. The summed E-state index contributed by atoms with van der Waals surface area (Å²) in [7, 11) is 1.54. The van der Waals surface area contributed by atoms with Crippen molar-refractivity contribution in [2.75, 3.05) is 40.9 Å². The van der Waals surface area contributed by atoms with Crippen LogP contribution in [0, 0.1) is 0 Å². The Hall–Kier alpha value is -1.28. The molecular formula is C39H76N2O6P+. The molecular weight excluding hydrogens is 623 g/mol. The number of unbranched alkanes of at least 4 members (excludes halogenated alkanes) is 17. The molecule has 3 N–H and O–H groups in total. The van der Waals surface area contributed by atoms with Crippen molar-refractivity contribution in [3.05, 3.63) is 36.5 Å². The van der Waals surface area contributed by atoms with Gasteiger partial charge in [-0.25, -0.2) is 4.57 Å². The van der Waals surface area contributed by atoms with Crippen LogP contribution >= 0.6 is 7.82 Å². The molecule has 0 rings (SSSR count). The van der Waals surface area contributed by atoms with Gasteiger partial charge in [-0.05, 0) is 57.8 Å². The quantitative estimate of drug-likeness (QED) is 0.0267. The average Bonchev–Trinajstić information content (AvgIpc) is 3.02. The fourth-order valence-electron chi connectivity index (χ4n) is 5.17. The van der Waals surface area contributed by atoms with Crippen molar-refractivity contribution in [3.63, 3.8) is 0 Å². The molecule has 0 fully saturated rings. The number of phosphoric acid groups is 1. The van der Waals surface area contributed by atoms with E-state index in [1.165, 1.54) is 83.5 Å². The molecule has 0 saturated heterocycles. The van der Waals surface area contributed by atoms with Gasteiger partial charge >= 0.3 is 7.82 Å².